The topological polar surface area (TPSA) is 98.7 Å². The molecule has 1 aromatic heterocycles. The largest absolute Gasteiger partial charge is 0.415 e. The molecule has 1 heterocycles. The van der Waals surface area contributed by atoms with Gasteiger partial charge in [0.2, 0.25) is 5.89 Å². The number of non-ortho nitro benzene ring substituents is 1. The number of nitro benzene ring substituents is 1. The second-order valence-electron chi connectivity index (χ2n) is 5.29. The molecule has 0 unspecified atom stereocenters. The number of quaternary nitrogens is 1. The van der Waals surface area contributed by atoms with Crippen LogP contribution >= 0.6 is 0 Å². The van der Waals surface area contributed by atoms with Crippen molar-refractivity contribution in [3.8, 4) is 11.5 Å². The first-order chi connectivity index (χ1) is 10.2. The van der Waals surface area contributed by atoms with Crippen LogP contribution in [0.5, 0.6) is 0 Å². The third-order valence-electron chi connectivity index (χ3n) is 3.82. The van der Waals surface area contributed by atoms with E-state index in [1.54, 1.807) is 12.1 Å². The maximum absolute atomic E-state index is 10.6. The molecule has 0 spiro atoms. The Morgan fingerprint density at radius 1 is 1.24 bits per heavy atom. The molecule has 0 amide bonds. The molecule has 21 heavy (non-hydrogen) atoms. The molecule has 1 aromatic carbocycles. The molecular weight excluding hydrogens is 272 g/mol. The van der Waals surface area contributed by atoms with Gasteiger partial charge in [-0.2, -0.15) is 0 Å². The predicted molar refractivity (Wildman–Crippen MR) is 74.3 cm³/mol. The molecular formula is C14H17N4O3+. The van der Waals surface area contributed by atoms with Gasteiger partial charge in [0.15, 0.2) is 6.54 Å². The van der Waals surface area contributed by atoms with E-state index in [0.29, 0.717) is 29.9 Å². The summed E-state index contributed by atoms with van der Waals surface area (Å²) in [6.07, 6.45) is 5.12. The molecule has 2 N–H and O–H groups in total. The van der Waals surface area contributed by atoms with Gasteiger partial charge in [0.25, 0.3) is 11.6 Å². The van der Waals surface area contributed by atoms with Crippen molar-refractivity contribution in [3.05, 3.63) is 40.3 Å². The number of hydrogen-bond donors (Lipinski definition) is 1. The lowest BCUT2D eigenvalue weighted by molar-refractivity contribution is -0.705. The van der Waals surface area contributed by atoms with Crippen LogP contribution in [0.15, 0.2) is 28.7 Å². The number of benzene rings is 1. The Morgan fingerprint density at radius 3 is 2.62 bits per heavy atom. The molecule has 0 saturated heterocycles. The van der Waals surface area contributed by atoms with Crippen molar-refractivity contribution >= 4 is 5.69 Å². The van der Waals surface area contributed by atoms with Crippen LogP contribution < -0.4 is 5.32 Å². The summed E-state index contributed by atoms with van der Waals surface area (Å²) in [6.45, 7) is 0.685. The zero-order valence-electron chi connectivity index (χ0n) is 11.6. The molecule has 0 radical (unpaired) electrons. The van der Waals surface area contributed by atoms with Crippen molar-refractivity contribution in [1.82, 2.24) is 10.2 Å². The molecule has 110 valence electrons. The molecule has 1 saturated carbocycles. The van der Waals surface area contributed by atoms with Gasteiger partial charge in [-0.3, -0.25) is 10.1 Å². The van der Waals surface area contributed by atoms with Gasteiger partial charge >= 0.3 is 0 Å². The van der Waals surface area contributed by atoms with E-state index in [9.17, 15) is 10.1 Å². The summed E-state index contributed by atoms with van der Waals surface area (Å²) in [6, 6.07) is 6.78. The summed E-state index contributed by atoms with van der Waals surface area (Å²) in [5.41, 5.74) is 0.744. The Kier molecular flexibility index (Phi) is 3.92. The van der Waals surface area contributed by atoms with Crippen molar-refractivity contribution in [2.24, 2.45) is 0 Å². The van der Waals surface area contributed by atoms with E-state index in [1.165, 1.54) is 37.8 Å². The minimum Gasteiger partial charge on any atom is -0.415 e. The molecule has 3 rings (SSSR count). The predicted octanol–water partition coefficient (Wildman–Crippen LogP) is 1.65. The van der Waals surface area contributed by atoms with Crippen LogP contribution in [-0.2, 0) is 6.54 Å². The Morgan fingerprint density at radius 2 is 1.95 bits per heavy atom. The average Bonchev–Trinajstić information content (AvgIpc) is 3.17. The summed E-state index contributed by atoms with van der Waals surface area (Å²) in [5.74, 6) is 0.995. The summed E-state index contributed by atoms with van der Waals surface area (Å²) in [4.78, 5) is 10.2. The highest BCUT2D eigenvalue weighted by Gasteiger charge is 2.19. The van der Waals surface area contributed by atoms with Crippen molar-refractivity contribution in [3.63, 3.8) is 0 Å². The second-order valence-corrected chi connectivity index (χ2v) is 5.29. The SMILES string of the molecule is O=[N+]([O-])c1ccc(-c2nnc(C[NH2+]C3CCCC3)o2)cc1. The van der Waals surface area contributed by atoms with E-state index in [1.807, 2.05) is 0 Å². The van der Waals surface area contributed by atoms with Crippen molar-refractivity contribution in [2.45, 2.75) is 38.3 Å². The Labute approximate surface area is 121 Å². The van der Waals surface area contributed by atoms with Gasteiger partial charge in [0.05, 0.1) is 11.0 Å². The molecule has 1 fully saturated rings. The summed E-state index contributed by atoms with van der Waals surface area (Å²) in [5, 5.41) is 20.9. The smallest absolute Gasteiger partial charge is 0.271 e. The van der Waals surface area contributed by atoms with Crippen LogP contribution in [0.25, 0.3) is 11.5 Å². The molecule has 0 aliphatic heterocycles. The van der Waals surface area contributed by atoms with Crippen LogP contribution in [0, 0.1) is 10.1 Å². The molecule has 7 heteroatoms. The summed E-state index contributed by atoms with van der Waals surface area (Å²) in [7, 11) is 0. The maximum Gasteiger partial charge on any atom is 0.271 e. The lowest BCUT2D eigenvalue weighted by Crippen LogP contribution is -2.88. The third-order valence-corrected chi connectivity index (χ3v) is 3.82. The van der Waals surface area contributed by atoms with Crippen LogP contribution in [0.1, 0.15) is 31.6 Å². The summed E-state index contributed by atoms with van der Waals surface area (Å²) >= 11 is 0. The number of nitrogens with zero attached hydrogens (tertiary/aromatic N) is 3. The quantitative estimate of drug-likeness (QED) is 0.666. The van der Waals surface area contributed by atoms with Gasteiger partial charge in [0.1, 0.15) is 0 Å². The molecule has 0 bridgehead atoms. The van der Waals surface area contributed by atoms with Crippen molar-refractivity contribution in [2.75, 3.05) is 0 Å². The van der Waals surface area contributed by atoms with E-state index in [4.69, 9.17) is 4.42 Å². The van der Waals surface area contributed by atoms with Crippen molar-refractivity contribution in [1.29, 1.82) is 0 Å². The Hall–Kier alpha value is -2.28. The lowest BCUT2D eigenvalue weighted by atomic mass is 10.2. The van der Waals surface area contributed by atoms with Crippen LogP contribution in [-0.4, -0.2) is 21.2 Å². The fraction of sp³-hybridized carbons (Fsp3) is 0.429. The zero-order chi connectivity index (χ0) is 14.7. The van der Waals surface area contributed by atoms with Gasteiger partial charge in [0, 0.05) is 17.7 Å². The molecule has 0 atom stereocenters. The number of hydrogen-bond acceptors (Lipinski definition) is 5. The lowest BCUT2D eigenvalue weighted by Gasteiger charge is -2.04. The van der Waals surface area contributed by atoms with Gasteiger partial charge in [-0.05, 0) is 37.8 Å². The summed E-state index contributed by atoms with van der Waals surface area (Å²) < 4.78 is 5.61. The second kappa shape index (κ2) is 6.01. The molecule has 1 aliphatic carbocycles. The molecule has 1 aliphatic rings. The van der Waals surface area contributed by atoms with E-state index >= 15 is 0 Å². The van der Waals surface area contributed by atoms with Gasteiger partial charge in [-0.1, -0.05) is 0 Å². The van der Waals surface area contributed by atoms with Crippen molar-refractivity contribution < 1.29 is 14.7 Å². The van der Waals surface area contributed by atoms with Gasteiger partial charge in [-0.25, -0.2) is 0 Å². The molecule has 2 aromatic rings. The molecule has 7 nitrogen and oxygen atoms in total. The highest BCUT2D eigenvalue weighted by atomic mass is 16.6. The first kappa shape index (κ1) is 13.7. The standard InChI is InChI=1S/C14H16N4O3/c19-18(20)12-7-5-10(6-8-12)14-17-16-13(21-14)9-15-11-3-1-2-4-11/h5-8,11,15H,1-4,9H2/p+1. The Bertz CT molecular complexity index is 617. The van der Waals surface area contributed by atoms with E-state index in [0.717, 1.165) is 0 Å². The average molecular weight is 289 g/mol. The van der Waals surface area contributed by atoms with Gasteiger partial charge in [-0.15, -0.1) is 10.2 Å². The van der Waals surface area contributed by atoms with E-state index < -0.39 is 4.92 Å². The first-order valence-corrected chi connectivity index (χ1v) is 7.13. The third kappa shape index (κ3) is 3.25. The normalized spacial score (nSPS) is 15.4. The van der Waals surface area contributed by atoms with Gasteiger partial charge < -0.3 is 9.73 Å². The number of nitro groups is 1. The van der Waals surface area contributed by atoms with Crippen LogP contribution in [0.2, 0.25) is 0 Å². The number of nitrogens with two attached hydrogens (primary N) is 1. The zero-order valence-corrected chi connectivity index (χ0v) is 11.6. The van der Waals surface area contributed by atoms with E-state index in [-0.39, 0.29) is 5.69 Å². The first-order valence-electron chi connectivity index (χ1n) is 7.13. The van der Waals surface area contributed by atoms with Crippen LogP contribution in [0.4, 0.5) is 5.69 Å². The monoisotopic (exact) mass is 289 g/mol. The maximum atomic E-state index is 10.6. The van der Waals surface area contributed by atoms with Crippen LogP contribution in [0.3, 0.4) is 0 Å². The minimum absolute atomic E-state index is 0.0491. The highest BCUT2D eigenvalue weighted by molar-refractivity contribution is 5.55. The minimum atomic E-state index is -0.431. The number of aromatic nitrogens is 2. The highest BCUT2D eigenvalue weighted by Crippen LogP contribution is 2.21. The fourth-order valence-electron chi connectivity index (χ4n) is 2.64. The fourth-order valence-corrected chi connectivity index (χ4v) is 2.64. The number of rotatable bonds is 5. The van der Waals surface area contributed by atoms with E-state index in [2.05, 4.69) is 15.5 Å². The Balaban J connectivity index is 1.64.